The Morgan fingerprint density at radius 1 is 1.33 bits per heavy atom. The largest absolute Gasteiger partial charge is 0.385 e. The second kappa shape index (κ2) is 6.18. The lowest BCUT2D eigenvalue weighted by molar-refractivity contribution is 0.552. The fourth-order valence-electron chi connectivity index (χ4n) is 3.16. The molecule has 1 heterocycles. The molecule has 1 aromatic rings. The molecule has 0 radical (unpaired) electrons. The van der Waals surface area contributed by atoms with E-state index in [1.54, 1.807) is 12.1 Å². The molecule has 6 heteroatoms. The number of aryl methyl sites for hydroxylation is 1. The SMILES string of the molecule is CSC1CCC(NS(=O)(=O)c2ccc3c(c2)NCCC3)C1. The van der Waals surface area contributed by atoms with Crippen molar-refractivity contribution < 1.29 is 8.42 Å². The van der Waals surface area contributed by atoms with Gasteiger partial charge in [0.25, 0.3) is 0 Å². The van der Waals surface area contributed by atoms with Crippen molar-refractivity contribution in [1.29, 1.82) is 0 Å². The van der Waals surface area contributed by atoms with Crippen LogP contribution in [0.15, 0.2) is 23.1 Å². The quantitative estimate of drug-likeness (QED) is 0.893. The molecule has 1 aliphatic carbocycles. The van der Waals surface area contributed by atoms with E-state index >= 15 is 0 Å². The number of fused-ring (bicyclic) bond motifs is 1. The van der Waals surface area contributed by atoms with Crippen LogP contribution in [-0.4, -0.2) is 32.5 Å². The Hall–Kier alpha value is -0.720. The zero-order valence-corrected chi connectivity index (χ0v) is 13.9. The number of hydrogen-bond acceptors (Lipinski definition) is 4. The molecule has 2 atom stereocenters. The van der Waals surface area contributed by atoms with E-state index < -0.39 is 10.0 Å². The van der Waals surface area contributed by atoms with Gasteiger partial charge in [0.1, 0.15) is 0 Å². The van der Waals surface area contributed by atoms with Crippen LogP contribution in [0.1, 0.15) is 31.2 Å². The first kappa shape index (κ1) is 15.2. The standard InChI is InChI=1S/C15H22N2O2S2/c1-20-13-6-5-12(9-13)17-21(18,19)14-7-4-11-3-2-8-16-15(11)10-14/h4,7,10,12-13,16-17H,2-3,5-6,8-9H2,1H3. The van der Waals surface area contributed by atoms with Crippen molar-refractivity contribution in [3.8, 4) is 0 Å². The first-order valence-electron chi connectivity index (χ1n) is 7.50. The molecule has 1 saturated carbocycles. The molecule has 1 fully saturated rings. The third-order valence-corrected chi connectivity index (χ3v) is 6.98. The molecule has 0 bridgehead atoms. The van der Waals surface area contributed by atoms with E-state index in [-0.39, 0.29) is 6.04 Å². The van der Waals surface area contributed by atoms with Crippen LogP contribution in [0, 0.1) is 0 Å². The Labute approximate surface area is 131 Å². The van der Waals surface area contributed by atoms with E-state index in [2.05, 4.69) is 16.3 Å². The predicted octanol–water partition coefficient (Wildman–Crippen LogP) is 2.61. The van der Waals surface area contributed by atoms with E-state index in [0.29, 0.717) is 10.1 Å². The minimum Gasteiger partial charge on any atom is -0.385 e. The Balaban J connectivity index is 1.76. The van der Waals surface area contributed by atoms with Crippen molar-refractivity contribution in [2.75, 3.05) is 18.1 Å². The molecule has 2 N–H and O–H groups in total. The lowest BCUT2D eigenvalue weighted by Crippen LogP contribution is -2.33. The molecule has 1 aromatic carbocycles. The second-order valence-electron chi connectivity index (χ2n) is 5.84. The first-order chi connectivity index (χ1) is 10.1. The number of benzene rings is 1. The summed E-state index contributed by atoms with van der Waals surface area (Å²) in [5.74, 6) is 0. The summed E-state index contributed by atoms with van der Waals surface area (Å²) in [6.07, 6.45) is 7.19. The van der Waals surface area contributed by atoms with Gasteiger partial charge < -0.3 is 5.32 Å². The molecule has 1 aliphatic heterocycles. The highest BCUT2D eigenvalue weighted by molar-refractivity contribution is 7.99. The summed E-state index contributed by atoms with van der Waals surface area (Å²) in [6.45, 7) is 0.919. The number of anilines is 1. The maximum atomic E-state index is 12.5. The molecule has 3 rings (SSSR count). The highest BCUT2D eigenvalue weighted by atomic mass is 32.2. The van der Waals surface area contributed by atoms with Gasteiger partial charge in [-0.3, -0.25) is 0 Å². The van der Waals surface area contributed by atoms with E-state index in [1.807, 2.05) is 17.8 Å². The highest BCUT2D eigenvalue weighted by Crippen LogP contribution is 2.30. The number of nitrogens with one attached hydrogen (secondary N) is 2. The fourth-order valence-corrected chi connectivity index (χ4v) is 5.26. The molecule has 2 aliphatic rings. The molecule has 0 spiro atoms. The average Bonchev–Trinajstić information content (AvgIpc) is 2.93. The van der Waals surface area contributed by atoms with E-state index in [0.717, 1.165) is 44.3 Å². The third-order valence-electron chi connectivity index (χ3n) is 4.37. The predicted molar refractivity (Wildman–Crippen MR) is 88.5 cm³/mol. The van der Waals surface area contributed by atoms with Gasteiger partial charge in [-0.15, -0.1) is 0 Å². The average molecular weight is 326 g/mol. The van der Waals surface area contributed by atoms with Crippen LogP contribution in [-0.2, 0) is 16.4 Å². The summed E-state index contributed by atoms with van der Waals surface area (Å²) < 4.78 is 27.9. The summed E-state index contributed by atoms with van der Waals surface area (Å²) in [5.41, 5.74) is 2.18. The fraction of sp³-hybridized carbons (Fsp3) is 0.600. The number of sulfonamides is 1. The Morgan fingerprint density at radius 3 is 2.95 bits per heavy atom. The maximum Gasteiger partial charge on any atom is 0.240 e. The van der Waals surface area contributed by atoms with Crippen LogP contribution >= 0.6 is 11.8 Å². The third kappa shape index (κ3) is 3.38. The van der Waals surface area contributed by atoms with Gasteiger partial charge in [0, 0.05) is 23.5 Å². The molecule has 2 unspecified atom stereocenters. The normalized spacial score (nSPS) is 25.4. The lowest BCUT2D eigenvalue weighted by Gasteiger charge is -2.19. The van der Waals surface area contributed by atoms with E-state index in [1.165, 1.54) is 5.56 Å². The summed E-state index contributed by atoms with van der Waals surface area (Å²) in [7, 11) is -3.41. The van der Waals surface area contributed by atoms with Crippen molar-refractivity contribution in [2.24, 2.45) is 0 Å². The van der Waals surface area contributed by atoms with Gasteiger partial charge in [-0.25, -0.2) is 13.1 Å². The molecule has 0 aromatic heterocycles. The Kier molecular flexibility index (Phi) is 4.47. The van der Waals surface area contributed by atoms with Crippen molar-refractivity contribution >= 4 is 27.5 Å². The van der Waals surface area contributed by atoms with Gasteiger partial charge in [-0.2, -0.15) is 11.8 Å². The van der Waals surface area contributed by atoms with Gasteiger partial charge in [0.05, 0.1) is 4.90 Å². The van der Waals surface area contributed by atoms with E-state index in [9.17, 15) is 8.42 Å². The van der Waals surface area contributed by atoms with Gasteiger partial charge in [-0.05, 0) is 56.1 Å². The minimum atomic E-state index is -3.41. The molecule has 116 valence electrons. The van der Waals surface area contributed by atoms with Crippen molar-refractivity contribution in [3.63, 3.8) is 0 Å². The molecule has 21 heavy (non-hydrogen) atoms. The summed E-state index contributed by atoms with van der Waals surface area (Å²) in [5, 5.41) is 3.88. The minimum absolute atomic E-state index is 0.0800. The topological polar surface area (TPSA) is 58.2 Å². The van der Waals surface area contributed by atoms with Crippen molar-refractivity contribution in [1.82, 2.24) is 4.72 Å². The molecular formula is C15H22N2O2S2. The van der Waals surface area contributed by atoms with Crippen LogP contribution in [0.5, 0.6) is 0 Å². The molecule has 0 saturated heterocycles. The van der Waals surface area contributed by atoms with Crippen molar-refractivity contribution in [2.45, 2.75) is 48.3 Å². The Morgan fingerprint density at radius 2 is 2.19 bits per heavy atom. The maximum absolute atomic E-state index is 12.5. The molecular weight excluding hydrogens is 304 g/mol. The summed E-state index contributed by atoms with van der Waals surface area (Å²) >= 11 is 1.83. The zero-order valence-electron chi connectivity index (χ0n) is 12.3. The van der Waals surface area contributed by atoms with Crippen LogP contribution in [0.2, 0.25) is 0 Å². The van der Waals surface area contributed by atoms with Gasteiger partial charge in [0.15, 0.2) is 0 Å². The first-order valence-corrected chi connectivity index (χ1v) is 10.3. The smallest absolute Gasteiger partial charge is 0.240 e. The number of thioether (sulfide) groups is 1. The summed E-state index contributed by atoms with van der Waals surface area (Å²) in [6, 6.07) is 5.53. The van der Waals surface area contributed by atoms with Crippen LogP contribution < -0.4 is 10.0 Å². The van der Waals surface area contributed by atoms with Gasteiger partial charge in [-0.1, -0.05) is 6.07 Å². The van der Waals surface area contributed by atoms with Crippen molar-refractivity contribution in [3.05, 3.63) is 23.8 Å². The van der Waals surface area contributed by atoms with Gasteiger partial charge >= 0.3 is 0 Å². The number of hydrogen-bond donors (Lipinski definition) is 2. The molecule has 4 nitrogen and oxygen atoms in total. The van der Waals surface area contributed by atoms with Crippen LogP contribution in [0.3, 0.4) is 0 Å². The monoisotopic (exact) mass is 326 g/mol. The van der Waals surface area contributed by atoms with Gasteiger partial charge in [0.2, 0.25) is 10.0 Å². The Bertz CT molecular complexity index is 616. The molecule has 0 amide bonds. The van der Waals surface area contributed by atoms with Crippen LogP contribution in [0.4, 0.5) is 5.69 Å². The second-order valence-corrected chi connectivity index (χ2v) is 8.69. The number of rotatable bonds is 4. The zero-order chi connectivity index (χ0) is 14.9. The van der Waals surface area contributed by atoms with E-state index in [4.69, 9.17) is 0 Å². The summed E-state index contributed by atoms with van der Waals surface area (Å²) in [4.78, 5) is 0.378. The lowest BCUT2D eigenvalue weighted by atomic mass is 10.0. The van der Waals surface area contributed by atoms with Crippen LogP contribution in [0.25, 0.3) is 0 Å². The highest BCUT2D eigenvalue weighted by Gasteiger charge is 2.28.